The standard InChI is InChI=1S/C15H15F3N2O3/c1-3-12-19-13(23-20-12)5-4-9-6-10(14(21)22-2)8-11(7-9)15(16,17)18/h6-8H,3-5H2,1-2H3. The first kappa shape index (κ1) is 17.0. The number of aryl methyl sites for hydroxylation is 3. The van der Waals surface area contributed by atoms with Crippen molar-refractivity contribution in [2.24, 2.45) is 0 Å². The van der Waals surface area contributed by atoms with Crippen molar-refractivity contribution < 1.29 is 27.2 Å². The molecule has 2 rings (SSSR count). The molecule has 2 aromatic rings. The Hall–Kier alpha value is -2.38. The van der Waals surface area contributed by atoms with Crippen LogP contribution in [0.3, 0.4) is 0 Å². The molecule has 0 N–H and O–H groups in total. The number of alkyl halides is 3. The van der Waals surface area contributed by atoms with Gasteiger partial charge in [-0.25, -0.2) is 4.79 Å². The van der Waals surface area contributed by atoms with Crippen LogP contribution in [0.2, 0.25) is 0 Å². The molecule has 1 aromatic heterocycles. The Morgan fingerprint density at radius 2 is 2.00 bits per heavy atom. The summed E-state index contributed by atoms with van der Waals surface area (Å²) < 4.78 is 48.3. The molecule has 0 atom stereocenters. The fourth-order valence-corrected chi connectivity index (χ4v) is 2.02. The Morgan fingerprint density at radius 3 is 2.57 bits per heavy atom. The molecule has 0 unspecified atom stereocenters. The minimum atomic E-state index is -4.54. The van der Waals surface area contributed by atoms with Crippen molar-refractivity contribution in [3.05, 3.63) is 46.6 Å². The van der Waals surface area contributed by atoms with Crippen molar-refractivity contribution >= 4 is 5.97 Å². The summed E-state index contributed by atoms with van der Waals surface area (Å²) in [4.78, 5) is 15.6. The molecule has 0 fully saturated rings. The molecule has 0 aliphatic carbocycles. The normalized spacial score (nSPS) is 11.5. The van der Waals surface area contributed by atoms with Crippen LogP contribution in [0.1, 0.15) is 40.1 Å². The van der Waals surface area contributed by atoms with E-state index in [4.69, 9.17) is 4.52 Å². The molecule has 0 saturated heterocycles. The second-order valence-electron chi connectivity index (χ2n) is 4.87. The fourth-order valence-electron chi connectivity index (χ4n) is 2.02. The minimum Gasteiger partial charge on any atom is -0.465 e. The Morgan fingerprint density at radius 1 is 1.26 bits per heavy atom. The predicted molar refractivity (Wildman–Crippen MR) is 73.9 cm³/mol. The number of rotatable bonds is 5. The van der Waals surface area contributed by atoms with E-state index in [-0.39, 0.29) is 18.4 Å². The van der Waals surface area contributed by atoms with Gasteiger partial charge in [0.25, 0.3) is 0 Å². The molecule has 8 heteroatoms. The number of methoxy groups -OCH3 is 1. The van der Waals surface area contributed by atoms with Crippen LogP contribution >= 0.6 is 0 Å². The van der Waals surface area contributed by atoms with E-state index < -0.39 is 17.7 Å². The van der Waals surface area contributed by atoms with Crippen molar-refractivity contribution in [3.8, 4) is 0 Å². The molecule has 1 heterocycles. The molecular weight excluding hydrogens is 313 g/mol. The van der Waals surface area contributed by atoms with Crippen LogP contribution in [0, 0.1) is 0 Å². The molecule has 124 valence electrons. The van der Waals surface area contributed by atoms with Gasteiger partial charge >= 0.3 is 12.1 Å². The lowest BCUT2D eigenvalue weighted by molar-refractivity contribution is -0.137. The number of ether oxygens (including phenoxy) is 1. The maximum Gasteiger partial charge on any atom is 0.416 e. The Labute approximate surface area is 130 Å². The number of benzene rings is 1. The van der Waals surface area contributed by atoms with E-state index in [2.05, 4.69) is 14.9 Å². The summed E-state index contributed by atoms with van der Waals surface area (Å²) >= 11 is 0. The van der Waals surface area contributed by atoms with Gasteiger partial charge in [-0.05, 0) is 30.2 Å². The van der Waals surface area contributed by atoms with Gasteiger partial charge in [0.15, 0.2) is 5.82 Å². The van der Waals surface area contributed by atoms with E-state index >= 15 is 0 Å². The third kappa shape index (κ3) is 4.30. The number of esters is 1. The molecule has 23 heavy (non-hydrogen) atoms. The van der Waals surface area contributed by atoms with Gasteiger partial charge < -0.3 is 9.26 Å². The monoisotopic (exact) mass is 328 g/mol. The smallest absolute Gasteiger partial charge is 0.416 e. The zero-order chi connectivity index (χ0) is 17.0. The summed E-state index contributed by atoms with van der Waals surface area (Å²) in [5, 5.41) is 3.72. The van der Waals surface area contributed by atoms with Gasteiger partial charge in [-0.3, -0.25) is 0 Å². The largest absolute Gasteiger partial charge is 0.465 e. The number of nitrogens with zero attached hydrogens (tertiary/aromatic N) is 2. The van der Waals surface area contributed by atoms with Gasteiger partial charge in [0.1, 0.15) is 0 Å². The summed E-state index contributed by atoms with van der Waals surface area (Å²) in [6, 6.07) is 3.15. The minimum absolute atomic E-state index is 0.142. The average Bonchev–Trinajstić information content (AvgIpc) is 2.99. The van der Waals surface area contributed by atoms with E-state index in [9.17, 15) is 18.0 Å². The molecular formula is C15H15F3N2O3. The highest BCUT2D eigenvalue weighted by Gasteiger charge is 2.31. The predicted octanol–water partition coefficient (Wildman–Crippen LogP) is 3.22. The van der Waals surface area contributed by atoms with Crippen LogP contribution in [-0.2, 0) is 30.2 Å². The maximum atomic E-state index is 12.9. The SMILES string of the molecule is CCc1noc(CCc2cc(C(=O)OC)cc(C(F)(F)F)c2)n1. The van der Waals surface area contributed by atoms with Crippen LogP contribution in [0.25, 0.3) is 0 Å². The molecule has 0 amide bonds. The van der Waals surface area contributed by atoms with Crippen molar-refractivity contribution in [1.29, 1.82) is 0 Å². The summed E-state index contributed by atoms with van der Waals surface area (Å²) in [5.74, 6) is 0.0709. The van der Waals surface area contributed by atoms with Gasteiger partial charge in [-0.1, -0.05) is 12.1 Å². The maximum absolute atomic E-state index is 12.9. The van der Waals surface area contributed by atoms with Crippen LogP contribution in [0.5, 0.6) is 0 Å². The topological polar surface area (TPSA) is 65.2 Å². The number of aromatic nitrogens is 2. The quantitative estimate of drug-likeness (QED) is 0.789. The van der Waals surface area contributed by atoms with Crippen LogP contribution < -0.4 is 0 Å². The first-order valence-corrected chi connectivity index (χ1v) is 6.94. The third-order valence-corrected chi connectivity index (χ3v) is 3.20. The first-order chi connectivity index (χ1) is 10.8. The average molecular weight is 328 g/mol. The summed E-state index contributed by atoms with van der Waals surface area (Å²) in [7, 11) is 1.12. The Bertz CT molecular complexity index is 696. The van der Waals surface area contributed by atoms with E-state index in [1.165, 1.54) is 6.07 Å². The third-order valence-electron chi connectivity index (χ3n) is 3.20. The first-order valence-electron chi connectivity index (χ1n) is 6.94. The van der Waals surface area contributed by atoms with E-state index in [0.717, 1.165) is 19.2 Å². The van der Waals surface area contributed by atoms with E-state index in [0.29, 0.717) is 23.7 Å². The van der Waals surface area contributed by atoms with Gasteiger partial charge in [-0.2, -0.15) is 18.2 Å². The lowest BCUT2D eigenvalue weighted by atomic mass is 10.0. The van der Waals surface area contributed by atoms with Crippen LogP contribution in [-0.4, -0.2) is 23.2 Å². The molecule has 0 spiro atoms. The number of carbonyl (C=O) groups excluding carboxylic acids is 1. The van der Waals surface area contributed by atoms with Crippen molar-refractivity contribution in [2.75, 3.05) is 7.11 Å². The van der Waals surface area contributed by atoms with Crippen LogP contribution in [0.15, 0.2) is 22.7 Å². The van der Waals surface area contributed by atoms with Crippen molar-refractivity contribution in [3.63, 3.8) is 0 Å². The zero-order valence-electron chi connectivity index (χ0n) is 12.6. The summed E-state index contributed by atoms with van der Waals surface area (Å²) in [6.07, 6.45) is -3.41. The molecule has 0 aliphatic heterocycles. The van der Waals surface area contributed by atoms with E-state index in [1.54, 1.807) is 0 Å². The highest BCUT2D eigenvalue weighted by atomic mass is 19.4. The number of hydrogen-bond donors (Lipinski definition) is 0. The Balaban J connectivity index is 2.24. The van der Waals surface area contributed by atoms with Crippen LogP contribution in [0.4, 0.5) is 13.2 Å². The number of halogens is 3. The number of hydrogen-bond acceptors (Lipinski definition) is 5. The van der Waals surface area contributed by atoms with Crippen molar-refractivity contribution in [1.82, 2.24) is 10.1 Å². The molecule has 0 bridgehead atoms. The number of carbonyl (C=O) groups is 1. The molecule has 1 aromatic carbocycles. The van der Waals surface area contributed by atoms with Gasteiger partial charge in [-0.15, -0.1) is 0 Å². The second-order valence-corrected chi connectivity index (χ2v) is 4.87. The van der Waals surface area contributed by atoms with Gasteiger partial charge in [0.2, 0.25) is 5.89 Å². The lowest BCUT2D eigenvalue weighted by Crippen LogP contribution is -2.10. The highest BCUT2D eigenvalue weighted by molar-refractivity contribution is 5.89. The molecule has 0 radical (unpaired) electrons. The Kier molecular flexibility index (Phi) is 5.02. The molecule has 5 nitrogen and oxygen atoms in total. The molecule has 0 aliphatic rings. The second kappa shape index (κ2) is 6.80. The van der Waals surface area contributed by atoms with Gasteiger partial charge in [0, 0.05) is 12.8 Å². The van der Waals surface area contributed by atoms with Gasteiger partial charge in [0.05, 0.1) is 18.2 Å². The summed E-state index contributed by atoms with van der Waals surface area (Å²) in [6.45, 7) is 1.87. The molecule has 0 saturated carbocycles. The highest BCUT2D eigenvalue weighted by Crippen LogP contribution is 2.31. The lowest BCUT2D eigenvalue weighted by Gasteiger charge is -2.11. The fraction of sp³-hybridized carbons (Fsp3) is 0.400. The summed E-state index contributed by atoms with van der Waals surface area (Å²) in [5.41, 5.74) is -0.691. The zero-order valence-corrected chi connectivity index (χ0v) is 12.6. The van der Waals surface area contributed by atoms with E-state index in [1.807, 2.05) is 6.92 Å². The van der Waals surface area contributed by atoms with Crippen molar-refractivity contribution in [2.45, 2.75) is 32.4 Å².